The van der Waals surface area contributed by atoms with E-state index in [0.717, 1.165) is 28.4 Å². The van der Waals surface area contributed by atoms with Crippen LogP contribution in [0.4, 0.5) is 22.7 Å². The Morgan fingerprint density at radius 2 is 1.08 bits per heavy atom. The first kappa shape index (κ1) is 39.1. The van der Waals surface area contributed by atoms with Gasteiger partial charge < -0.3 is 4.74 Å². The third kappa shape index (κ3) is 6.17. The average molecular weight is 822 g/mol. The van der Waals surface area contributed by atoms with Crippen molar-refractivity contribution in [3.8, 4) is 39.6 Å². The fourth-order valence-corrected chi connectivity index (χ4v) is 10.0. The van der Waals surface area contributed by atoms with E-state index >= 15 is 0 Å². The molecule has 1 fully saturated rings. The maximum absolute atomic E-state index is 7.05. The summed E-state index contributed by atoms with van der Waals surface area (Å²) in [5.41, 5.74) is 16.9. The van der Waals surface area contributed by atoms with Crippen molar-refractivity contribution in [2.24, 2.45) is 0 Å². The van der Waals surface area contributed by atoms with Gasteiger partial charge in [-0.3, -0.25) is 4.57 Å². The van der Waals surface area contributed by atoms with Crippen LogP contribution in [-0.2, 0) is 10.8 Å². The van der Waals surface area contributed by atoms with Crippen molar-refractivity contribution in [1.82, 2.24) is 18.7 Å². The summed E-state index contributed by atoms with van der Waals surface area (Å²) in [6.45, 7) is 20.5. The maximum Gasteiger partial charge on any atom is 0.225 e. The Balaban J connectivity index is 1.06. The van der Waals surface area contributed by atoms with Gasteiger partial charge in [0.05, 0.1) is 11.0 Å². The van der Waals surface area contributed by atoms with Crippen LogP contribution in [0.1, 0.15) is 63.8 Å². The van der Waals surface area contributed by atoms with Gasteiger partial charge >= 0.3 is 0 Å². The molecule has 0 saturated carbocycles. The highest BCUT2D eigenvalue weighted by molar-refractivity contribution is 6.09. The molecule has 5 heteroatoms. The molecule has 0 radical (unpaired) electrons. The zero-order valence-corrected chi connectivity index (χ0v) is 37.4. The number of ether oxygens (including phenoxy) is 1. The van der Waals surface area contributed by atoms with Crippen molar-refractivity contribution in [3.05, 3.63) is 199 Å². The third-order valence-corrected chi connectivity index (χ3v) is 13.2. The number of aryl methyl sites for hydroxylation is 2. The predicted molar refractivity (Wildman–Crippen MR) is 263 cm³/mol. The molecule has 0 bridgehead atoms. The van der Waals surface area contributed by atoms with Crippen LogP contribution in [0.2, 0.25) is 0 Å². The molecule has 11 rings (SSSR count). The quantitative estimate of drug-likeness (QED) is 0.0910. The van der Waals surface area contributed by atoms with E-state index in [1.807, 2.05) is 6.20 Å². The number of benzene rings is 7. The van der Waals surface area contributed by atoms with Crippen molar-refractivity contribution < 1.29 is 4.74 Å². The van der Waals surface area contributed by atoms with Crippen LogP contribution < -0.4 is 13.9 Å². The van der Waals surface area contributed by atoms with Crippen molar-refractivity contribution in [1.29, 1.82) is 0 Å². The molecule has 310 valence electrons. The van der Waals surface area contributed by atoms with Gasteiger partial charge in [-0.15, -0.1) is 0 Å². The molecule has 2 aromatic heterocycles. The number of aromatic nitrogens is 2. The van der Waals surface area contributed by atoms with Crippen LogP contribution in [0.5, 0.6) is 11.5 Å². The normalized spacial score (nSPS) is 17.9. The topological polar surface area (TPSA) is 27.1 Å². The molecule has 1 unspecified atom stereocenters. The number of pyridine rings is 1. The summed E-state index contributed by atoms with van der Waals surface area (Å²) in [5, 5.41) is 2.36. The molecular weight excluding hydrogens is 769 g/mol. The van der Waals surface area contributed by atoms with Gasteiger partial charge in [0.2, 0.25) is 11.4 Å². The second-order valence-electron chi connectivity index (χ2n) is 19.7. The largest absolute Gasteiger partial charge is 0.457 e. The van der Waals surface area contributed by atoms with E-state index in [9.17, 15) is 0 Å². The van der Waals surface area contributed by atoms with Gasteiger partial charge in [-0.2, -0.15) is 9.18 Å². The Kier molecular flexibility index (Phi) is 8.60. The standard InChI is InChI=1S/C58H53N4O/c1-38-26-39(2)28-41(27-38)43-29-42(40-16-10-9-11-17-40)30-46(31-43)61-37-62(61,55-21-15-14-20-54(55)61)47-32-45(58(6,7)8)33-49(35-47)63-48-22-23-51-50-18-12-13-19-52(50)60(53(51)36-48)56-34-44(24-25-59-56)57(3,4)5/h9-37H,1-8H3/q+1/t61-,62?/m0/s1. The van der Waals surface area contributed by atoms with E-state index in [1.165, 1.54) is 78.0 Å². The molecule has 2 aliphatic rings. The Bertz CT molecular complexity index is 3270. The molecular formula is C58H53N4O+. The summed E-state index contributed by atoms with van der Waals surface area (Å²) >= 11 is 0. The van der Waals surface area contributed by atoms with Gasteiger partial charge in [0.25, 0.3) is 0 Å². The highest BCUT2D eigenvalue weighted by Gasteiger charge is 2.78. The summed E-state index contributed by atoms with van der Waals surface area (Å²) in [4.78, 5) is 4.92. The average Bonchev–Trinajstić information content (AvgIpc) is 3.76. The van der Waals surface area contributed by atoms with Crippen LogP contribution in [0.25, 0.3) is 49.9 Å². The van der Waals surface area contributed by atoms with Crippen molar-refractivity contribution in [2.45, 2.75) is 66.2 Å². The molecule has 63 heavy (non-hydrogen) atoms. The van der Waals surface area contributed by atoms with Crippen molar-refractivity contribution in [2.75, 3.05) is 0 Å². The summed E-state index contributed by atoms with van der Waals surface area (Å²) in [5.74, 6) is 2.50. The molecule has 1 saturated heterocycles. The van der Waals surface area contributed by atoms with Gasteiger partial charge in [0.15, 0.2) is 18.0 Å². The number of para-hydroxylation sites is 3. The smallest absolute Gasteiger partial charge is 0.225 e. The van der Waals surface area contributed by atoms with E-state index in [0.29, 0.717) is 9.18 Å². The summed E-state index contributed by atoms with van der Waals surface area (Å²) < 4.78 is 10.5. The van der Waals surface area contributed by atoms with Crippen molar-refractivity contribution in [3.63, 3.8) is 0 Å². The molecule has 7 aromatic carbocycles. The Labute approximate surface area is 371 Å². The van der Waals surface area contributed by atoms with E-state index in [4.69, 9.17) is 9.72 Å². The van der Waals surface area contributed by atoms with E-state index in [2.05, 4.69) is 230 Å². The molecule has 4 heterocycles. The zero-order valence-electron chi connectivity index (χ0n) is 37.4. The molecule has 9 aromatic rings. The summed E-state index contributed by atoms with van der Waals surface area (Å²) in [7, 11) is 0. The SMILES string of the molecule is Cc1cc(C)cc(-c2cc(-c3ccccc3)cc([N@+]34[CH-][N+]3(c3cc(Oc5ccc6c7ccccc7n(-c7cc(C(C)(C)C)ccn7)c6c5)cc(C(C)(C)C)c3)c3ccccc34)c2)c1. The first-order valence-electron chi connectivity index (χ1n) is 22.1. The highest BCUT2D eigenvalue weighted by atomic mass is 16.5. The number of quaternary nitrogens is 2. The summed E-state index contributed by atoms with van der Waals surface area (Å²) in [6.07, 6.45) is 1.93. The molecule has 0 amide bonds. The van der Waals surface area contributed by atoms with Gasteiger partial charge in [-0.05, 0) is 101 Å². The lowest BCUT2D eigenvalue weighted by molar-refractivity contribution is 0.422. The second-order valence-corrected chi connectivity index (χ2v) is 19.7. The highest BCUT2D eigenvalue weighted by Crippen LogP contribution is 2.75. The number of fused-ring (bicyclic) bond motifs is 7. The van der Waals surface area contributed by atoms with Gasteiger partial charge in [0, 0.05) is 59.4 Å². The second kappa shape index (κ2) is 13.9. The monoisotopic (exact) mass is 821 g/mol. The fourth-order valence-electron chi connectivity index (χ4n) is 10.0. The molecule has 0 aliphatic carbocycles. The molecule has 5 nitrogen and oxygen atoms in total. The van der Waals surface area contributed by atoms with E-state index in [-0.39, 0.29) is 10.8 Å². The number of rotatable bonds is 7. The van der Waals surface area contributed by atoms with Crippen LogP contribution in [0.15, 0.2) is 170 Å². The Morgan fingerprint density at radius 3 is 1.78 bits per heavy atom. The first-order valence-corrected chi connectivity index (χ1v) is 22.1. The summed E-state index contributed by atoms with van der Waals surface area (Å²) in [6, 6.07) is 60.1. The Morgan fingerprint density at radius 1 is 0.476 bits per heavy atom. The van der Waals surface area contributed by atoms with Gasteiger partial charge in [-0.25, -0.2) is 4.98 Å². The van der Waals surface area contributed by atoms with Crippen LogP contribution >= 0.6 is 0 Å². The molecule has 0 N–H and O–H groups in total. The number of hydrogen-bond donors (Lipinski definition) is 0. The molecule has 0 spiro atoms. The molecule has 2 aliphatic heterocycles. The third-order valence-electron chi connectivity index (χ3n) is 13.2. The number of hydrogen-bond acceptors (Lipinski definition) is 2. The predicted octanol–water partition coefficient (Wildman–Crippen LogP) is 15.9. The van der Waals surface area contributed by atoms with Gasteiger partial charge in [0.1, 0.15) is 17.3 Å². The maximum atomic E-state index is 7.05. The lowest BCUT2D eigenvalue weighted by Gasteiger charge is -2.40. The minimum atomic E-state index is -0.133. The van der Waals surface area contributed by atoms with Gasteiger partial charge in [-0.1, -0.05) is 132 Å². The number of nitrogens with zero attached hydrogens (tertiary/aromatic N) is 4. The molecule has 2 atom stereocenters. The minimum Gasteiger partial charge on any atom is -0.457 e. The van der Waals surface area contributed by atoms with E-state index < -0.39 is 0 Å². The zero-order chi connectivity index (χ0) is 43.5. The van der Waals surface area contributed by atoms with Crippen molar-refractivity contribution >= 4 is 44.6 Å². The first-order chi connectivity index (χ1) is 30.2. The van der Waals surface area contributed by atoms with Crippen LogP contribution in [0, 0.1) is 20.5 Å². The van der Waals surface area contributed by atoms with Crippen LogP contribution in [0.3, 0.4) is 0 Å². The minimum absolute atomic E-state index is 0.0120. The lowest BCUT2D eigenvalue weighted by atomic mass is 9.86. The lowest BCUT2D eigenvalue weighted by Crippen LogP contribution is -2.46. The van der Waals surface area contributed by atoms with Crippen LogP contribution in [-0.4, -0.2) is 9.55 Å². The Hall–Kier alpha value is -6.79. The fraction of sp³-hybridized carbons (Fsp3) is 0.172. The van der Waals surface area contributed by atoms with E-state index in [1.54, 1.807) is 0 Å².